The molecule has 0 aliphatic rings. The fraction of sp³-hybridized carbons (Fsp3) is 0.0800. The van der Waals surface area contributed by atoms with Crippen molar-refractivity contribution in [2.45, 2.75) is 6.10 Å². The van der Waals surface area contributed by atoms with Gasteiger partial charge in [0.25, 0.3) is 0 Å². The number of fused-ring (bicyclic) bond motifs is 1. The van der Waals surface area contributed by atoms with E-state index in [1.54, 1.807) is 30.3 Å². The first-order chi connectivity index (χ1) is 14.0. The van der Waals surface area contributed by atoms with Crippen molar-refractivity contribution in [3.8, 4) is 0 Å². The summed E-state index contributed by atoms with van der Waals surface area (Å²) in [6.07, 6.45) is 2.45. The standard InChI is InChI=1S/C25H20BrNO2/c1-27-16-22(20-9-5-6-10-23(20)27)21(17-7-3-2-4-8-17)15-24(28)25(29)18-11-13-19(26)14-12-18/h2-16,24,28H,1H3/b21-15+/t24-/m1/s1. The number of aliphatic hydroxyl groups is 1. The summed E-state index contributed by atoms with van der Waals surface area (Å²) in [5.41, 5.74) is 4.34. The second-order valence-electron chi connectivity index (χ2n) is 6.93. The molecule has 4 aromatic rings. The molecule has 0 bridgehead atoms. The highest BCUT2D eigenvalue weighted by molar-refractivity contribution is 9.10. The molecule has 3 aromatic carbocycles. The molecule has 0 amide bonds. The summed E-state index contributed by atoms with van der Waals surface area (Å²) in [5, 5.41) is 11.8. The van der Waals surface area contributed by atoms with Crippen molar-refractivity contribution in [1.82, 2.24) is 4.57 Å². The van der Waals surface area contributed by atoms with Crippen LogP contribution in [-0.2, 0) is 7.05 Å². The Labute approximate surface area is 178 Å². The van der Waals surface area contributed by atoms with Crippen LogP contribution in [0.5, 0.6) is 0 Å². The molecular weight excluding hydrogens is 426 g/mol. The maximum atomic E-state index is 12.8. The highest BCUT2D eigenvalue weighted by atomic mass is 79.9. The van der Waals surface area contributed by atoms with E-state index in [1.807, 2.05) is 55.7 Å². The average Bonchev–Trinajstić information content (AvgIpc) is 3.09. The lowest BCUT2D eigenvalue weighted by atomic mass is 9.94. The molecule has 4 heteroatoms. The Morgan fingerprint density at radius 3 is 2.31 bits per heavy atom. The van der Waals surface area contributed by atoms with Crippen molar-refractivity contribution >= 4 is 38.2 Å². The van der Waals surface area contributed by atoms with Crippen LogP contribution >= 0.6 is 15.9 Å². The van der Waals surface area contributed by atoms with Crippen LogP contribution in [0, 0.1) is 0 Å². The van der Waals surface area contributed by atoms with Gasteiger partial charge in [-0.05, 0) is 35.4 Å². The lowest BCUT2D eigenvalue weighted by molar-refractivity contribution is 0.0821. The molecule has 0 aliphatic carbocycles. The molecule has 0 fully saturated rings. The molecule has 29 heavy (non-hydrogen) atoms. The van der Waals surface area contributed by atoms with Crippen LogP contribution in [0.3, 0.4) is 0 Å². The van der Waals surface area contributed by atoms with E-state index in [-0.39, 0.29) is 5.78 Å². The van der Waals surface area contributed by atoms with Crippen molar-refractivity contribution < 1.29 is 9.90 Å². The molecule has 0 aliphatic heterocycles. The number of benzene rings is 3. The van der Waals surface area contributed by atoms with Gasteiger partial charge in [0.2, 0.25) is 0 Å². The minimum absolute atomic E-state index is 0.328. The fourth-order valence-electron chi connectivity index (χ4n) is 3.53. The van der Waals surface area contributed by atoms with Crippen molar-refractivity contribution in [3.05, 3.63) is 112 Å². The second kappa shape index (κ2) is 8.19. The molecule has 3 nitrogen and oxygen atoms in total. The molecule has 144 valence electrons. The quantitative estimate of drug-likeness (QED) is 0.405. The van der Waals surface area contributed by atoms with Gasteiger partial charge in [-0.15, -0.1) is 0 Å². The van der Waals surface area contributed by atoms with Gasteiger partial charge in [-0.3, -0.25) is 4.79 Å². The minimum Gasteiger partial charge on any atom is -0.381 e. The predicted molar refractivity (Wildman–Crippen MR) is 121 cm³/mol. The number of hydrogen-bond donors (Lipinski definition) is 1. The molecule has 1 aromatic heterocycles. The number of hydrogen-bond acceptors (Lipinski definition) is 2. The summed E-state index contributed by atoms with van der Waals surface area (Å²) >= 11 is 3.37. The van der Waals surface area contributed by atoms with Gasteiger partial charge in [0.05, 0.1) is 0 Å². The third-order valence-corrected chi connectivity index (χ3v) is 5.52. The van der Waals surface area contributed by atoms with Crippen LogP contribution in [0.4, 0.5) is 0 Å². The predicted octanol–water partition coefficient (Wildman–Crippen LogP) is 5.62. The maximum absolute atomic E-state index is 12.8. The molecule has 1 N–H and O–H groups in total. The topological polar surface area (TPSA) is 42.2 Å². The van der Waals surface area contributed by atoms with Crippen LogP contribution in [0.25, 0.3) is 16.5 Å². The number of ketones is 1. The first-order valence-corrected chi connectivity index (χ1v) is 10.1. The van der Waals surface area contributed by atoms with E-state index in [4.69, 9.17) is 0 Å². The van der Waals surface area contributed by atoms with Crippen molar-refractivity contribution in [2.75, 3.05) is 0 Å². The summed E-state index contributed by atoms with van der Waals surface area (Å²) in [6.45, 7) is 0. The molecule has 1 heterocycles. The van der Waals surface area contributed by atoms with Gasteiger partial charge in [0, 0.05) is 39.7 Å². The molecule has 4 rings (SSSR count). The zero-order valence-electron chi connectivity index (χ0n) is 15.9. The van der Waals surface area contributed by atoms with Crippen LogP contribution in [0.1, 0.15) is 21.5 Å². The number of rotatable bonds is 5. The van der Waals surface area contributed by atoms with E-state index < -0.39 is 6.10 Å². The molecule has 0 saturated heterocycles. The molecule has 0 radical (unpaired) electrons. The molecule has 0 saturated carbocycles. The lowest BCUT2D eigenvalue weighted by Gasteiger charge is -2.11. The first-order valence-electron chi connectivity index (χ1n) is 9.34. The SMILES string of the molecule is Cn1cc(/C(=C/[C@@H](O)C(=O)c2ccc(Br)cc2)c2ccccc2)c2ccccc21. The number of aromatic nitrogens is 1. The van der Waals surface area contributed by atoms with Crippen LogP contribution in [-0.4, -0.2) is 21.6 Å². The number of nitrogens with zero attached hydrogens (tertiary/aromatic N) is 1. The Balaban J connectivity index is 1.83. The lowest BCUT2D eigenvalue weighted by Crippen LogP contribution is -2.18. The maximum Gasteiger partial charge on any atom is 0.195 e. The molecule has 1 atom stereocenters. The number of aryl methyl sites for hydroxylation is 1. The fourth-order valence-corrected chi connectivity index (χ4v) is 3.80. The Kier molecular flexibility index (Phi) is 5.47. The number of carbonyl (C=O) groups excluding carboxylic acids is 1. The number of aliphatic hydroxyl groups excluding tert-OH is 1. The van der Waals surface area contributed by atoms with E-state index in [2.05, 4.69) is 32.6 Å². The van der Waals surface area contributed by atoms with Gasteiger partial charge < -0.3 is 9.67 Å². The zero-order chi connectivity index (χ0) is 20.4. The van der Waals surface area contributed by atoms with E-state index in [0.29, 0.717) is 5.56 Å². The first kappa shape index (κ1) is 19.4. The van der Waals surface area contributed by atoms with Crippen LogP contribution in [0.15, 0.2) is 95.6 Å². The average molecular weight is 446 g/mol. The summed E-state index contributed by atoms with van der Waals surface area (Å²) < 4.78 is 2.95. The smallest absolute Gasteiger partial charge is 0.195 e. The molecule has 0 spiro atoms. The van der Waals surface area contributed by atoms with Gasteiger partial charge in [-0.2, -0.15) is 0 Å². The van der Waals surface area contributed by atoms with Gasteiger partial charge in [0.1, 0.15) is 6.10 Å². The highest BCUT2D eigenvalue weighted by Crippen LogP contribution is 2.32. The Morgan fingerprint density at radius 1 is 0.931 bits per heavy atom. The van der Waals surface area contributed by atoms with Crippen LogP contribution < -0.4 is 0 Å². The third-order valence-electron chi connectivity index (χ3n) is 4.99. The Bertz CT molecular complexity index is 1190. The van der Waals surface area contributed by atoms with Gasteiger partial charge >= 0.3 is 0 Å². The van der Waals surface area contributed by atoms with Crippen molar-refractivity contribution in [2.24, 2.45) is 7.05 Å². The third kappa shape index (κ3) is 3.95. The Hall–Kier alpha value is -2.95. The zero-order valence-corrected chi connectivity index (χ0v) is 17.5. The van der Waals surface area contributed by atoms with E-state index in [1.165, 1.54) is 0 Å². The summed E-state index contributed by atoms with van der Waals surface area (Å²) in [5.74, 6) is -0.328. The minimum atomic E-state index is -1.25. The van der Waals surface area contributed by atoms with Gasteiger partial charge in [-0.25, -0.2) is 0 Å². The molecular formula is C25H20BrNO2. The number of halogens is 1. The summed E-state index contributed by atoms with van der Waals surface area (Å²) in [6, 6.07) is 25.0. The highest BCUT2D eigenvalue weighted by Gasteiger charge is 2.19. The Morgan fingerprint density at radius 2 is 1.59 bits per heavy atom. The van der Waals surface area contributed by atoms with Crippen molar-refractivity contribution in [1.29, 1.82) is 0 Å². The second-order valence-corrected chi connectivity index (χ2v) is 7.85. The van der Waals surface area contributed by atoms with E-state index in [0.717, 1.165) is 32.1 Å². The van der Waals surface area contributed by atoms with Gasteiger partial charge in [0.15, 0.2) is 5.78 Å². The largest absolute Gasteiger partial charge is 0.381 e. The number of Topliss-reactive ketones (excluding diaryl/α,β-unsaturated/α-hetero) is 1. The van der Waals surface area contributed by atoms with E-state index >= 15 is 0 Å². The summed E-state index contributed by atoms with van der Waals surface area (Å²) in [7, 11) is 2.00. The normalized spacial score (nSPS) is 12.9. The number of para-hydroxylation sites is 1. The van der Waals surface area contributed by atoms with E-state index in [9.17, 15) is 9.90 Å². The molecule has 0 unspecified atom stereocenters. The number of carbonyl (C=O) groups is 1. The van der Waals surface area contributed by atoms with Gasteiger partial charge in [-0.1, -0.05) is 76.6 Å². The monoisotopic (exact) mass is 445 g/mol. The van der Waals surface area contributed by atoms with Crippen LogP contribution in [0.2, 0.25) is 0 Å². The summed E-state index contributed by atoms with van der Waals surface area (Å²) in [4.78, 5) is 12.8. The van der Waals surface area contributed by atoms with Crippen molar-refractivity contribution in [3.63, 3.8) is 0 Å².